The first-order valence-corrected chi connectivity index (χ1v) is 5.64. The number of nitrogens with zero attached hydrogens (tertiary/aromatic N) is 1. The van der Waals surface area contributed by atoms with Gasteiger partial charge in [-0.1, -0.05) is 6.58 Å². The summed E-state index contributed by atoms with van der Waals surface area (Å²) in [5.41, 5.74) is 0. The van der Waals surface area contributed by atoms with Crippen LogP contribution in [-0.4, -0.2) is 42.5 Å². The van der Waals surface area contributed by atoms with Crippen molar-refractivity contribution >= 4 is 5.78 Å². The van der Waals surface area contributed by atoms with E-state index in [2.05, 4.69) is 25.3 Å². The fourth-order valence-corrected chi connectivity index (χ4v) is 2.01. The monoisotopic (exact) mass is 211 g/mol. The number of ketones is 1. The van der Waals surface area contributed by atoms with Crippen LogP contribution in [0.3, 0.4) is 0 Å². The molecule has 0 aliphatic carbocycles. The predicted octanol–water partition coefficient (Wildman–Crippen LogP) is 1.63. The molecule has 1 saturated heterocycles. The molecule has 0 radical (unpaired) electrons. The van der Waals surface area contributed by atoms with Crippen molar-refractivity contribution < 1.29 is 9.53 Å². The Labute approximate surface area is 92.1 Å². The molecule has 1 rings (SSSR count). The van der Waals surface area contributed by atoms with Crippen LogP contribution in [-0.2, 0) is 9.53 Å². The molecule has 1 aliphatic rings. The van der Waals surface area contributed by atoms with Crippen molar-refractivity contribution in [2.45, 2.75) is 38.8 Å². The summed E-state index contributed by atoms with van der Waals surface area (Å²) in [5.74, 6) is 0.129. The largest absolute Gasteiger partial charge is 0.378 e. The van der Waals surface area contributed by atoms with Crippen LogP contribution < -0.4 is 0 Å². The van der Waals surface area contributed by atoms with Gasteiger partial charge in [0.1, 0.15) is 0 Å². The second-order valence-electron chi connectivity index (χ2n) is 4.27. The Bertz CT molecular complexity index is 226. The first kappa shape index (κ1) is 12.4. The van der Waals surface area contributed by atoms with Crippen LogP contribution in [0.2, 0.25) is 0 Å². The molecule has 0 saturated carbocycles. The zero-order valence-corrected chi connectivity index (χ0v) is 9.74. The first-order valence-electron chi connectivity index (χ1n) is 5.64. The third kappa shape index (κ3) is 3.76. The Balaban J connectivity index is 2.42. The van der Waals surface area contributed by atoms with Crippen LogP contribution in [0.1, 0.15) is 26.7 Å². The zero-order valence-electron chi connectivity index (χ0n) is 9.74. The van der Waals surface area contributed by atoms with Gasteiger partial charge < -0.3 is 4.74 Å². The molecule has 3 heteroatoms. The lowest BCUT2D eigenvalue weighted by Gasteiger charge is -2.38. The van der Waals surface area contributed by atoms with Crippen LogP contribution in [0, 0.1) is 0 Å². The van der Waals surface area contributed by atoms with Crippen molar-refractivity contribution in [1.82, 2.24) is 4.90 Å². The van der Waals surface area contributed by atoms with Gasteiger partial charge in [0.2, 0.25) is 0 Å². The van der Waals surface area contributed by atoms with Crippen molar-refractivity contribution in [2.75, 3.05) is 19.8 Å². The molecule has 86 valence electrons. The molecule has 1 aliphatic heterocycles. The number of ether oxygens (including phenoxy) is 1. The average molecular weight is 211 g/mol. The summed E-state index contributed by atoms with van der Waals surface area (Å²) in [6.45, 7) is 10.4. The number of morpholine rings is 1. The minimum absolute atomic E-state index is 0.129. The van der Waals surface area contributed by atoms with E-state index in [9.17, 15) is 4.79 Å². The molecule has 0 bridgehead atoms. The van der Waals surface area contributed by atoms with Gasteiger partial charge in [0.25, 0.3) is 0 Å². The fraction of sp³-hybridized carbons (Fsp3) is 0.750. The minimum Gasteiger partial charge on any atom is -0.378 e. The van der Waals surface area contributed by atoms with Gasteiger partial charge in [-0.2, -0.15) is 0 Å². The molecular formula is C12H21NO2. The molecule has 0 aromatic carbocycles. The Morgan fingerprint density at radius 1 is 1.67 bits per heavy atom. The van der Waals surface area contributed by atoms with Gasteiger partial charge in [-0.15, -0.1) is 0 Å². The third-order valence-electron chi connectivity index (χ3n) is 2.89. The van der Waals surface area contributed by atoms with Gasteiger partial charge >= 0.3 is 0 Å². The summed E-state index contributed by atoms with van der Waals surface area (Å²) in [6, 6.07) is 0.917. The van der Waals surface area contributed by atoms with Gasteiger partial charge in [-0.05, 0) is 26.3 Å². The Morgan fingerprint density at radius 2 is 2.40 bits per heavy atom. The van der Waals surface area contributed by atoms with E-state index < -0.39 is 0 Å². The lowest BCUT2D eigenvalue weighted by Crippen LogP contribution is -2.48. The number of carbonyl (C=O) groups excluding carboxylic acids is 1. The molecule has 0 aromatic heterocycles. The summed E-state index contributed by atoms with van der Waals surface area (Å²) in [7, 11) is 0. The summed E-state index contributed by atoms with van der Waals surface area (Å²) >= 11 is 0. The van der Waals surface area contributed by atoms with E-state index in [1.165, 1.54) is 6.08 Å². The van der Waals surface area contributed by atoms with Crippen molar-refractivity contribution in [2.24, 2.45) is 0 Å². The Morgan fingerprint density at radius 3 is 3.00 bits per heavy atom. The SMILES string of the molecule is C=CC(=O)CCC1COCCN1C(C)C. The van der Waals surface area contributed by atoms with E-state index >= 15 is 0 Å². The van der Waals surface area contributed by atoms with Crippen molar-refractivity contribution in [3.63, 3.8) is 0 Å². The lowest BCUT2D eigenvalue weighted by molar-refractivity contribution is -0.115. The van der Waals surface area contributed by atoms with Crippen molar-refractivity contribution in [3.8, 4) is 0 Å². The number of carbonyl (C=O) groups is 1. The molecule has 0 spiro atoms. The predicted molar refractivity (Wildman–Crippen MR) is 60.9 cm³/mol. The molecule has 3 nitrogen and oxygen atoms in total. The number of allylic oxidation sites excluding steroid dienone is 1. The second kappa shape index (κ2) is 6.03. The third-order valence-corrected chi connectivity index (χ3v) is 2.89. The van der Waals surface area contributed by atoms with E-state index in [4.69, 9.17) is 4.74 Å². The van der Waals surface area contributed by atoms with Crippen molar-refractivity contribution in [1.29, 1.82) is 0 Å². The van der Waals surface area contributed by atoms with Crippen LogP contribution in [0.4, 0.5) is 0 Å². The molecule has 1 fully saturated rings. The summed E-state index contributed by atoms with van der Waals surface area (Å²) < 4.78 is 5.45. The van der Waals surface area contributed by atoms with Crippen LogP contribution in [0.15, 0.2) is 12.7 Å². The van der Waals surface area contributed by atoms with Gasteiger partial charge in [0.05, 0.1) is 13.2 Å². The standard InChI is InChI=1S/C12H21NO2/c1-4-12(14)6-5-11-9-15-8-7-13(11)10(2)3/h4,10-11H,1,5-9H2,2-3H3. The highest BCUT2D eigenvalue weighted by Crippen LogP contribution is 2.15. The first-order chi connectivity index (χ1) is 7.15. The average Bonchev–Trinajstić information content (AvgIpc) is 2.26. The summed E-state index contributed by atoms with van der Waals surface area (Å²) in [5, 5.41) is 0. The van der Waals surface area contributed by atoms with E-state index in [1.54, 1.807) is 0 Å². The Kier molecular flexibility index (Phi) is 4.99. The second-order valence-corrected chi connectivity index (χ2v) is 4.27. The molecule has 0 N–H and O–H groups in total. The molecule has 1 heterocycles. The van der Waals surface area contributed by atoms with E-state index in [0.29, 0.717) is 18.5 Å². The summed E-state index contributed by atoms with van der Waals surface area (Å²) in [6.07, 6.45) is 2.87. The van der Waals surface area contributed by atoms with Gasteiger partial charge in [0, 0.05) is 25.0 Å². The van der Waals surface area contributed by atoms with Gasteiger partial charge in [-0.3, -0.25) is 9.69 Å². The van der Waals surface area contributed by atoms with Crippen molar-refractivity contribution in [3.05, 3.63) is 12.7 Å². The number of hydrogen-bond donors (Lipinski definition) is 0. The molecule has 0 amide bonds. The highest BCUT2D eigenvalue weighted by Gasteiger charge is 2.24. The molecule has 15 heavy (non-hydrogen) atoms. The van der Waals surface area contributed by atoms with Crippen LogP contribution in [0.25, 0.3) is 0 Å². The van der Waals surface area contributed by atoms with E-state index in [-0.39, 0.29) is 5.78 Å². The normalized spacial score (nSPS) is 23.0. The smallest absolute Gasteiger partial charge is 0.155 e. The number of rotatable bonds is 5. The Hall–Kier alpha value is -0.670. The van der Waals surface area contributed by atoms with Crippen LogP contribution >= 0.6 is 0 Å². The maximum absolute atomic E-state index is 11.2. The molecule has 1 atom stereocenters. The topological polar surface area (TPSA) is 29.5 Å². The molecular weight excluding hydrogens is 190 g/mol. The lowest BCUT2D eigenvalue weighted by atomic mass is 10.1. The zero-order chi connectivity index (χ0) is 11.3. The minimum atomic E-state index is 0.129. The van der Waals surface area contributed by atoms with Crippen LogP contribution in [0.5, 0.6) is 0 Å². The quantitative estimate of drug-likeness (QED) is 0.647. The van der Waals surface area contributed by atoms with Gasteiger partial charge in [0.15, 0.2) is 5.78 Å². The highest BCUT2D eigenvalue weighted by atomic mass is 16.5. The maximum atomic E-state index is 11.2. The fourth-order valence-electron chi connectivity index (χ4n) is 2.01. The molecule has 0 aromatic rings. The summed E-state index contributed by atoms with van der Waals surface area (Å²) in [4.78, 5) is 13.6. The van der Waals surface area contributed by atoms with E-state index in [0.717, 1.165) is 26.2 Å². The highest BCUT2D eigenvalue weighted by molar-refractivity contribution is 5.88. The molecule has 1 unspecified atom stereocenters. The number of hydrogen-bond acceptors (Lipinski definition) is 3. The van der Waals surface area contributed by atoms with E-state index in [1.807, 2.05) is 0 Å². The maximum Gasteiger partial charge on any atom is 0.155 e. The van der Waals surface area contributed by atoms with Gasteiger partial charge in [-0.25, -0.2) is 0 Å².